The molecule has 0 spiro atoms. The molecular weight excluding hydrogens is 234 g/mol. The Balaban J connectivity index is 2.32. The number of hydrogen-bond donors (Lipinski definition) is 1. The molecule has 1 aromatic heterocycles. The van der Waals surface area contributed by atoms with Crippen molar-refractivity contribution in [1.82, 2.24) is 0 Å². The monoisotopic (exact) mass is 253 g/mol. The zero-order valence-corrected chi connectivity index (χ0v) is 11.4. The lowest BCUT2D eigenvalue weighted by atomic mass is 9.95. The van der Waals surface area contributed by atoms with Crippen LogP contribution in [0.25, 0.3) is 0 Å². The van der Waals surface area contributed by atoms with Crippen molar-refractivity contribution in [1.29, 1.82) is 0 Å². The van der Waals surface area contributed by atoms with Crippen LogP contribution in [0.1, 0.15) is 54.4 Å². The third-order valence-electron chi connectivity index (χ3n) is 2.80. The molecule has 94 valence electrons. The van der Waals surface area contributed by atoms with Gasteiger partial charge in [-0.2, -0.15) is 0 Å². The number of anilines is 1. The second kappa shape index (κ2) is 4.33. The van der Waals surface area contributed by atoms with E-state index in [4.69, 9.17) is 10.5 Å². The normalized spacial score (nSPS) is 15.5. The first kappa shape index (κ1) is 12.4. The summed E-state index contributed by atoms with van der Waals surface area (Å²) in [7, 11) is 0. The number of nitrogens with two attached hydrogens (primary N) is 1. The van der Waals surface area contributed by atoms with Crippen LogP contribution in [0, 0.1) is 0 Å². The summed E-state index contributed by atoms with van der Waals surface area (Å²) in [6.45, 7) is 5.62. The van der Waals surface area contributed by atoms with Crippen LogP contribution in [-0.4, -0.2) is 11.6 Å². The number of fused-ring (bicyclic) bond motifs is 1. The van der Waals surface area contributed by atoms with Crippen LogP contribution in [-0.2, 0) is 17.6 Å². The van der Waals surface area contributed by atoms with Crippen molar-refractivity contribution in [3.8, 4) is 0 Å². The number of aryl methyl sites for hydroxylation is 1. The van der Waals surface area contributed by atoms with Crippen LogP contribution in [0.5, 0.6) is 0 Å². The van der Waals surface area contributed by atoms with Gasteiger partial charge in [0.1, 0.15) is 10.6 Å². The smallest absolute Gasteiger partial charge is 0.341 e. The number of thiophene rings is 1. The topological polar surface area (TPSA) is 52.3 Å². The zero-order valence-electron chi connectivity index (χ0n) is 10.6. The minimum atomic E-state index is -0.465. The first-order chi connectivity index (χ1) is 7.88. The molecule has 1 aliphatic carbocycles. The SMILES string of the molecule is CC(C)(C)OC(=O)c1c(N)sc2c1CCCC2. The van der Waals surface area contributed by atoms with E-state index in [1.54, 1.807) is 11.3 Å². The standard InChI is InChI=1S/C13H19NO2S/c1-13(2,3)16-12(15)10-8-6-4-5-7-9(8)17-11(10)14/h4-7,14H2,1-3H3. The van der Waals surface area contributed by atoms with Crippen LogP contribution in [0.3, 0.4) is 0 Å². The molecular formula is C13H19NO2S. The zero-order chi connectivity index (χ0) is 12.6. The minimum absolute atomic E-state index is 0.269. The van der Waals surface area contributed by atoms with Crippen molar-refractivity contribution >= 4 is 22.3 Å². The average molecular weight is 253 g/mol. The van der Waals surface area contributed by atoms with Crippen molar-refractivity contribution in [3.05, 3.63) is 16.0 Å². The minimum Gasteiger partial charge on any atom is -0.456 e. The van der Waals surface area contributed by atoms with E-state index in [1.807, 2.05) is 20.8 Å². The quantitative estimate of drug-likeness (QED) is 0.782. The molecule has 0 fully saturated rings. The van der Waals surface area contributed by atoms with Crippen LogP contribution >= 0.6 is 11.3 Å². The maximum absolute atomic E-state index is 12.1. The molecule has 3 nitrogen and oxygen atoms in total. The number of hydrogen-bond acceptors (Lipinski definition) is 4. The van der Waals surface area contributed by atoms with Gasteiger partial charge in [-0.3, -0.25) is 0 Å². The molecule has 1 aromatic rings. The van der Waals surface area contributed by atoms with E-state index in [1.165, 1.54) is 11.3 Å². The Labute approximate surface area is 106 Å². The second-order valence-corrected chi connectivity index (χ2v) is 6.59. The van der Waals surface area contributed by atoms with Gasteiger partial charge in [-0.15, -0.1) is 11.3 Å². The molecule has 0 atom stereocenters. The van der Waals surface area contributed by atoms with Crippen LogP contribution in [0.4, 0.5) is 5.00 Å². The number of rotatable bonds is 1. The second-order valence-electron chi connectivity index (χ2n) is 5.45. The van der Waals surface area contributed by atoms with E-state index in [2.05, 4.69) is 0 Å². The molecule has 0 bridgehead atoms. The highest BCUT2D eigenvalue weighted by molar-refractivity contribution is 7.16. The summed E-state index contributed by atoms with van der Waals surface area (Å²) in [5.74, 6) is -0.269. The third-order valence-corrected chi connectivity index (χ3v) is 3.92. The lowest BCUT2D eigenvalue weighted by molar-refractivity contribution is 0.00700. The number of esters is 1. The van der Waals surface area contributed by atoms with E-state index < -0.39 is 5.60 Å². The summed E-state index contributed by atoms with van der Waals surface area (Å²) >= 11 is 1.55. The van der Waals surface area contributed by atoms with Crippen molar-refractivity contribution in [3.63, 3.8) is 0 Å². The fourth-order valence-corrected chi connectivity index (χ4v) is 3.29. The van der Waals surface area contributed by atoms with Gasteiger partial charge in [0, 0.05) is 4.88 Å². The highest BCUT2D eigenvalue weighted by Crippen LogP contribution is 2.37. The fourth-order valence-electron chi connectivity index (χ4n) is 2.14. The van der Waals surface area contributed by atoms with E-state index in [0.29, 0.717) is 10.6 Å². The molecule has 4 heteroatoms. The van der Waals surface area contributed by atoms with Gasteiger partial charge >= 0.3 is 5.97 Å². The lowest BCUT2D eigenvalue weighted by Gasteiger charge is -2.20. The van der Waals surface area contributed by atoms with Gasteiger partial charge in [0.05, 0.1) is 5.56 Å². The number of ether oxygens (including phenoxy) is 1. The van der Waals surface area contributed by atoms with Gasteiger partial charge in [-0.05, 0) is 52.0 Å². The highest BCUT2D eigenvalue weighted by Gasteiger charge is 2.27. The van der Waals surface area contributed by atoms with E-state index >= 15 is 0 Å². The van der Waals surface area contributed by atoms with Gasteiger partial charge in [-0.25, -0.2) is 4.79 Å². The fraction of sp³-hybridized carbons (Fsp3) is 0.615. The van der Waals surface area contributed by atoms with Crippen molar-refractivity contribution in [2.24, 2.45) is 0 Å². The van der Waals surface area contributed by atoms with E-state index in [0.717, 1.165) is 24.8 Å². The Morgan fingerprint density at radius 3 is 2.59 bits per heavy atom. The van der Waals surface area contributed by atoms with Gasteiger partial charge < -0.3 is 10.5 Å². The Kier molecular flexibility index (Phi) is 3.17. The van der Waals surface area contributed by atoms with Crippen molar-refractivity contribution in [2.45, 2.75) is 52.1 Å². The summed E-state index contributed by atoms with van der Waals surface area (Å²) in [6.07, 6.45) is 4.34. The van der Waals surface area contributed by atoms with Crippen LogP contribution in [0.2, 0.25) is 0 Å². The lowest BCUT2D eigenvalue weighted by Crippen LogP contribution is -2.25. The molecule has 0 aromatic carbocycles. The molecule has 0 unspecified atom stereocenters. The highest BCUT2D eigenvalue weighted by atomic mass is 32.1. The van der Waals surface area contributed by atoms with E-state index in [-0.39, 0.29) is 5.97 Å². The Bertz CT molecular complexity index is 443. The maximum Gasteiger partial charge on any atom is 0.341 e. The number of nitrogen functional groups attached to an aromatic ring is 1. The molecule has 1 heterocycles. The molecule has 0 saturated carbocycles. The molecule has 0 aliphatic heterocycles. The predicted octanol–water partition coefficient (Wildman–Crippen LogP) is 3.16. The Hall–Kier alpha value is -1.03. The summed E-state index contributed by atoms with van der Waals surface area (Å²) < 4.78 is 5.42. The molecule has 0 radical (unpaired) electrons. The Morgan fingerprint density at radius 2 is 1.94 bits per heavy atom. The number of carbonyl (C=O) groups excluding carboxylic acids is 1. The van der Waals surface area contributed by atoms with Crippen LogP contribution < -0.4 is 5.73 Å². The molecule has 1 aliphatic rings. The van der Waals surface area contributed by atoms with Gasteiger partial charge in [0.15, 0.2) is 0 Å². The first-order valence-corrected chi connectivity index (χ1v) is 6.83. The Morgan fingerprint density at radius 1 is 1.29 bits per heavy atom. The molecule has 17 heavy (non-hydrogen) atoms. The first-order valence-electron chi connectivity index (χ1n) is 6.02. The summed E-state index contributed by atoms with van der Waals surface area (Å²) in [6, 6.07) is 0. The van der Waals surface area contributed by atoms with Gasteiger partial charge in [-0.1, -0.05) is 0 Å². The molecule has 0 saturated heterocycles. The third kappa shape index (κ3) is 2.63. The van der Waals surface area contributed by atoms with Crippen molar-refractivity contribution < 1.29 is 9.53 Å². The summed E-state index contributed by atoms with van der Waals surface area (Å²) in [5.41, 5.74) is 7.25. The summed E-state index contributed by atoms with van der Waals surface area (Å²) in [4.78, 5) is 13.4. The summed E-state index contributed by atoms with van der Waals surface area (Å²) in [5, 5.41) is 0.617. The van der Waals surface area contributed by atoms with Crippen LogP contribution in [0.15, 0.2) is 0 Å². The number of carbonyl (C=O) groups is 1. The maximum atomic E-state index is 12.1. The van der Waals surface area contributed by atoms with E-state index in [9.17, 15) is 4.79 Å². The predicted molar refractivity (Wildman–Crippen MR) is 70.5 cm³/mol. The van der Waals surface area contributed by atoms with Gasteiger partial charge in [0.25, 0.3) is 0 Å². The molecule has 2 rings (SSSR count). The van der Waals surface area contributed by atoms with Gasteiger partial charge in [0.2, 0.25) is 0 Å². The largest absolute Gasteiger partial charge is 0.456 e. The van der Waals surface area contributed by atoms with Crippen molar-refractivity contribution in [2.75, 3.05) is 5.73 Å². The molecule has 0 amide bonds. The molecule has 2 N–H and O–H groups in total. The average Bonchev–Trinajstić information content (AvgIpc) is 2.50.